The first-order valence-corrected chi connectivity index (χ1v) is 10.3. The molecule has 0 spiro atoms. The van der Waals surface area contributed by atoms with Gasteiger partial charge in [-0.25, -0.2) is 0 Å². The van der Waals surface area contributed by atoms with Crippen LogP contribution in [0.2, 0.25) is 0 Å². The van der Waals surface area contributed by atoms with Gasteiger partial charge < -0.3 is 31.1 Å². The van der Waals surface area contributed by atoms with Crippen LogP contribution in [0.25, 0.3) is 0 Å². The minimum atomic E-state index is -2.86. The van der Waals surface area contributed by atoms with Crippen LogP contribution in [0.5, 0.6) is 0 Å². The minimum absolute atomic E-state index is 0.326. The van der Waals surface area contributed by atoms with Gasteiger partial charge in [-0.2, -0.15) is 0 Å². The predicted octanol–water partition coefficient (Wildman–Crippen LogP) is -2.52. The van der Waals surface area contributed by atoms with Crippen molar-refractivity contribution in [1.29, 1.82) is 0 Å². The van der Waals surface area contributed by atoms with Crippen LogP contribution in [-0.2, 0) is 24.0 Å². The summed E-state index contributed by atoms with van der Waals surface area (Å²) in [7, 11) is 3.01. The maximum Gasteiger partial charge on any atom is 0.230 e. The molecule has 7 unspecified atom stereocenters. The normalized spacial score (nSPS) is 40.8. The molecule has 0 aromatic carbocycles. The van der Waals surface area contributed by atoms with Crippen molar-refractivity contribution in [2.75, 3.05) is 14.1 Å². The Morgan fingerprint density at radius 1 is 1.12 bits per heavy atom. The number of hydrogen-bond donors (Lipinski definition) is 5. The van der Waals surface area contributed by atoms with Crippen molar-refractivity contribution in [3.63, 3.8) is 0 Å². The van der Waals surface area contributed by atoms with E-state index in [1.54, 1.807) is 0 Å². The van der Waals surface area contributed by atoms with Gasteiger partial charge in [-0.05, 0) is 39.6 Å². The van der Waals surface area contributed by atoms with Gasteiger partial charge in [0.1, 0.15) is 11.7 Å². The van der Waals surface area contributed by atoms with Gasteiger partial charge >= 0.3 is 0 Å². The van der Waals surface area contributed by atoms with Gasteiger partial charge in [0.25, 0.3) is 0 Å². The number of allylic oxidation sites excluding steroid dienone is 3. The first-order valence-electron chi connectivity index (χ1n) is 10.3. The highest BCUT2D eigenvalue weighted by Gasteiger charge is 2.69. The zero-order chi connectivity index (χ0) is 24.8. The van der Waals surface area contributed by atoms with Crippen molar-refractivity contribution in [3.05, 3.63) is 34.6 Å². The van der Waals surface area contributed by atoms with E-state index >= 15 is 0 Å². The van der Waals surface area contributed by atoms with E-state index in [1.165, 1.54) is 25.9 Å². The Hall–Kier alpha value is -2.99. The predicted molar refractivity (Wildman–Crippen MR) is 109 cm³/mol. The third kappa shape index (κ3) is 2.73. The number of Topliss-reactive ketones (excluding diaryl/α,β-unsaturated/α-hetero) is 2. The highest BCUT2D eigenvalue weighted by molar-refractivity contribution is 6.27. The number of aliphatic hydroxyl groups is 4. The summed E-state index contributed by atoms with van der Waals surface area (Å²) in [5.41, 5.74) is -1.23. The van der Waals surface area contributed by atoms with Crippen LogP contribution in [0.3, 0.4) is 0 Å². The SMILES string of the molecule is CN(C)C1C(O)C(C(N)=O)C(=O)C2(O)C(=O)C3=C(O)C4=C(C(=O)C=CC4=O)C(C)(O)C3CC12. The maximum atomic E-state index is 13.6. The molecule has 1 amide bonds. The number of nitrogens with two attached hydrogens (primary N) is 1. The molecule has 0 saturated heterocycles. The Morgan fingerprint density at radius 3 is 2.24 bits per heavy atom. The van der Waals surface area contributed by atoms with Gasteiger partial charge in [0, 0.05) is 29.0 Å². The number of aliphatic hydroxyl groups excluding tert-OH is 2. The van der Waals surface area contributed by atoms with Gasteiger partial charge in [-0.15, -0.1) is 0 Å². The quantitative estimate of drug-likeness (QED) is 0.217. The van der Waals surface area contributed by atoms with Crippen LogP contribution in [-0.4, -0.2) is 91.8 Å². The summed E-state index contributed by atoms with van der Waals surface area (Å²) in [5.74, 6) is -10.8. The molecule has 0 aromatic rings. The summed E-state index contributed by atoms with van der Waals surface area (Å²) in [5, 5.41) is 44.5. The molecule has 0 radical (unpaired) electrons. The number of hydrogen-bond acceptors (Lipinski definition) is 10. The summed E-state index contributed by atoms with van der Waals surface area (Å²) in [6, 6.07) is -1.12. The van der Waals surface area contributed by atoms with Crippen molar-refractivity contribution >= 4 is 29.0 Å². The Labute approximate surface area is 187 Å². The summed E-state index contributed by atoms with van der Waals surface area (Å²) in [4.78, 5) is 65.3. The number of ketones is 4. The highest BCUT2D eigenvalue weighted by atomic mass is 16.3. The lowest BCUT2D eigenvalue weighted by atomic mass is 9.51. The summed E-state index contributed by atoms with van der Waals surface area (Å²) in [6.45, 7) is 1.21. The first-order chi connectivity index (χ1) is 15.2. The van der Waals surface area contributed by atoms with E-state index in [9.17, 15) is 44.4 Å². The van der Waals surface area contributed by atoms with E-state index in [1.807, 2.05) is 0 Å². The molecule has 11 nitrogen and oxygen atoms in total. The Bertz CT molecular complexity index is 1130. The number of carbonyl (C=O) groups is 5. The van der Waals surface area contributed by atoms with Gasteiger partial charge in [0.2, 0.25) is 11.7 Å². The molecule has 0 bridgehead atoms. The van der Waals surface area contributed by atoms with E-state index in [4.69, 9.17) is 5.73 Å². The van der Waals surface area contributed by atoms with E-state index in [0.29, 0.717) is 0 Å². The fourth-order valence-electron chi connectivity index (χ4n) is 5.94. The number of nitrogens with zero attached hydrogens (tertiary/aromatic N) is 1. The molecule has 4 rings (SSSR count). The van der Waals surface area contributed by atoms with Crippen molar-refractivity contribution in [3.8, 4) is 0 Å². The number of primary amides is 1. The molecule has 0 aromatic heterocycles. The van der Waals surface area contributed by atoms with Crippen LogP contribution in [0.15, 0.2) is 34.6 Å². The lowest BCUT2D eigenvalue weighted by Crippen LogP contribution is -2.74. The zero-order valence-electron chi connectivity index (χ0n) is 18.1. The first kappa shape index (κ1) is 23.2. The highest BCUT2D eigenvalue weighted by Crippen LogP contribution is 2.54. The van der Waals surface area contributed by atoms with Crippen molar-refractivity contribution in [2.45, 2.75) is 36.7 Å². The van der Waals surface area contributed by atoms with Crippen molar-refractivity contribution < 1.29 is 44.4 Å². The molecule has 6 N–H and O–H groups in total. The van der Waals surface area contributed by atoms with Crippen LogP contribution >= 0.6 is 0 Å². The van der Waals surface area contributed by atoms with Gasteiger partial charge in [0.05, 0.1) is 17.3 Å². The number of likely N-dealkylation sites (N-methyl/N-ethyl adjacent to an activating group) is 1. The number of fused-ring (bicyclic) bond motifs is 2. The van der Waals surface area contributed by atoms with Crippen LogP contribution < -0.4 is 5.73 Å². The Kier molecular flexibility index (Phi) is 4.92. The molecule has 0 heterocycles. The summed E-state index contributed by atoms with van der Waals surface area (Å²) < 4.78 is 0. The van der Waals surface area contributed by atoms with E-state index in [-0.39, 0.29) is 6.42 Å². The molecule has 33 heavy (non-hydrogen) atoms. The maximum absolute atomic E-state index is 13.6. The molecule has 2 saturated carbocycles. The van der Waals surface area contributed by atoms with Gasteiger partial charge in [-0.3, -0.25) is 24.0 Å². The lowest BCUT2D eigenvalue weighted by molar-refractivity contribution is -0.187. The third-order valence-corrected chi connectivity index (χ3v) is 7.44. The lowest BCUT2D eigenvalue weighted by Gasteiger charge is -2.55. The second-order valence-electron chi connectivity index (χ2n) is 9.40. The molecule has 11 heteroatoms. The molecule has 2 fully saturated rings. The molecular weight excluding hydrogens is 436 g/mol. The van der Waals surface area contributed by atoms with E-state index < -0.39 is 92.6 Å². The van der Waals surface area contributed by atoms with Crippen molar-refractivity contribution in [2.24, 2.45) is 23.5 Å². The molecule has 176 valence electrons. The van der Waals surface area contributed by atoms with E-state index in [0.717, 1.165) is 12.2 Å². The smallest absolute Gasteiger partial charge is 0.230 e. The second-order valence-corrected chi connectivity index (χ2v) is 9.40. The molecule has 0 aliphatic heterocycles. The largest absolute Gasteiger partial charge is 0.507 e. The average Bonchev–Trinajstić information content (AvgIpc) is 2.69. The molecular formula is C22H24N2O9. The van der Waals surface area contributed by atoms with Gasteiger partial charge in [-0.1, -0.05) is 0 Å². The third-order valence-electron chi connectivity index (χ3n) is 7.44. The Balaban J connectivity index is 1.99. The topological polar surface area (TPSA) is 196 Å². The fourth-order valence-corrected chi connectivity index (χ4v) is 5.94. The number of carbonyl (C=O) groups excluding carboxylic acids is 5. The second kappa shape index (κ2) is 7.00. The fraction of sp³-hybridized carbons (Fsp3) is 0.500. The van der Waals surface area contributed by atoms with Crippen LogP contribution in [0.1, 0.15) is 13.3 Å². The van der Waals surface area contributed by atoms with E-state index in [2.05, 4.69) is 0 Å². The summed E-state index contributed by atoms with van der Waals surface area (Å²) in [6.07, 6.45) is -0.158. The molecule has 4 aliphatic carbocycles. The molecule has 4 aliphatic rings. The standard InChI is InChI=1S/C22H24N2O9/c1-21(32)7-6-8-15(24(2)3)17(28)13(20(23)31)19(30)22(8,33)18(29)11(7)16(27)12-9(25)4-5-10(26)14(12)21/h4-5,7-8,13,15,17,27-28,32-33H,6H2,1-3H3,(H2,23,31). The van der Waals surface area contributed by atoms with Crippen LogP contribution in [0, 0.1) is 17.8 Å². The summed E-state index contributed by atoms with van der Waals surface area (Å²) >= 11 is 0. The average molecular weight is 460 g/mol. The number of rotatable bonds is 2. The minimum Gasteiger partial charge on any atom is -0.507 e. The Morgan fingerprint density at radius 2 is 1.70 bits per heavy atom. The van der Waals surface area contributed by atoms with Crippen molar-refractivity contribution in [1.82, 2.24) is 4.90 Å². The zero-order valence-corrected chi connectivity index (χ0v) is 18.1. The van der Waals surface area contributed by atoms with Gasteiger partial charge in [0.15, 0.2) is 23.0 Å². The number of amides is 1. The molecule has 7 atom stereocenters. The monoisotopic (exact) mass is 460 g/mol. The van der Waals surface area contributed by atoms with Crippen LogP contribution in [0.4, 0.5) is 0 Å².